The lowest BCUT2D eigenvalue weighted by atomic mass is 10.0. The molecule has 0 saturated carbocycles. The highest BCUT2D eigenvalue weighted by molar-refractivity contribution is 7.92. The number of nitrogens with one attached hydrogen (secondary N) is 1. The molecule has 2 N–H and O–H groups in total. The Morgan fingerprint density at radius 3 is 2.47 bits per heavy atom. The smallest absolute Gasteiger partial charge is 0.412 e. The van der Waals surface area contributed by atoms with Crippen molar-refractivity contribution >= 4 is 27.5 Å². The number of sulfonamides is 1. The number of anilines is 2. The Labute approximate surface area is 209 Å². The summed E-state index contributed by atoms with van der Waals surface area (Å²) in [6.07, 6.45) is 3.02. The predicted octanol–water partition coefficient (Wildman–Crippen LogP) is 4.53. The molecule has 9 nitrogen and oxygen atoms in total. The van der Waals surface area contributed by atoms with Crippen LogP contribution in [-0.4, -0.2) is 54.9 Å². The summed E-state index contributed by atoms with van der Waals surface area (Å²) >= 11 is 0. The first-order valence-electron chi connectivity index (χ1n) is 11.4. The van der Waals surface area contributed by atoms with Crippen LogP contribution in [0.2, 0.25) is 0 Å². The lowest BCUT2D eigenvalue weighted by Gasteiger charge is -2.37. The third-order valence-corrected chi connectivity index (χ3v) is 6.40. The molecule has 36 heavy (non-hydrogen) atoms. The number of aromatic nitrogens is 1. The maximum Gasteiger partial charge on any atom is 0.412 e. The van der Waals surface area contributed by atoms with Crippen LogP contribution in [0.1, 0.15) is 18.4 Å². The highest BCUT2D eigenvalue weighted by Crippen LogP contribution is 2.26. The zero-order valence-electron chi connectivity index (χ0n) is 19.7. The standard InChI is InChI=1S/C25H27FN4O5S/c1-36(33,34)28-20-6-8-23(9-7-20)35-24-10-5-18(16-27-24)17-29-13-11-21(12-14-29)30(25(31)32)22-4-2-3-19(26)15-22/h2-10,15-16,21,28H,11-14,17H2,1H3,(H,31,32). The van der Waals surface area contributed by atoms with Crippen LogP contribution in [0.15, 0.2) is 66.9 Å². The maximum atomic E-state index is 13.6. The first kappa shape index (κ1) is 25.4. The number of piperidine rings is 1. The molecule has 0 spiro atoms. The average Bonchev–Trinajstić information content (AvgIpc) is 2.82. The number of carbonyl (C=O) groups is 1. The summed E-state index contributed by atoms with van der Waals surface area (Å²) in [5.74, 6) is 0.475. The summed E-state index contributed by atoms with van der Waals surface area (Å²) in [6.45, 7) is 2.07. The van der Waals surface area contributed by atoms with Crippen molar-refractivity contribution in [1.29, 1.82) is 0 Å². The summed E-state index contributed by atoms with van der Waals surface area (Å²) in [5.41, 5.74) is 1.79. The molecule has 3 aromatic rings. The van der Waals surface area contributed by atoms with E-state index in [2.05, 4.69) is 14.6 Å². The minimum absolute atomic E-state index is 0.214. The van der Waals surface area contributed by atoms with Gasteiger partial charge < -0.3 is 9.84 Å². The number of nitrogens with zero attached hydrogens (tertiary/aromatic N) is 3. The van der Waals surface area contributed by atoms with Gasteiger partial charge in [0, 0.05) is 43.6 Å². The molecular formula is C25H27FN4O5S. The van der Waals surface area contributed by atoms with Gasteiger partial charge in [-0.1, -0.05) is 12.1 Å². The molecule has 4 rings (SSSR count). The topological polar surface area (TPSA) is 112 Å². The van der Waals surface area contributed by atoms with E-state index in [-0.39, 0.29) is 6.04 Å². The monoisotopic (exact) mass is 514 g/mol. The molecule has 2 aromatic carbocycles. The highest BCUT2D eigenvalue weighted by Gasteiger charge is 2.29. The van der Waals surface area contributed by atoms with Gasteiger partial charge in [0.1, 0.15) is 11.6 Å². The molecule has 1 aromatic heterocycles. The van der Waals surface area contributed by atoms with Gasteiger partial charge in [0.2, 0.25) is 15.9 Å². The van der Waals surface area contributed by atoms with E-state index in [4.69, 9.17) is 4.74 Å². The summed E-state index contributed by atoms with van der Waals surface area (Å²) in [4.78, 5) is 19.7. The molecule has 11 heteroatoms. The van der Waals surface area contributed by atoms with Crippen molar-refractivity contribution < 1.29 is 27.4 Å². The first-order chi connectivity index (χ1) is 17.2. The fraction of sp³-hybridized carbons (Fsp3) is 0.280. The van der Waals surface area contributed by atoms with E-state index in [1.165, 1.54) is 23.1 Å². The summed E-state index contributed by atoms with van der Waals surface area (Å²) in [5, 5.41) is 9.70. The lowest BCUT2D eigenvalue weighted by Crippen LogP contribution is -2.47. The van der Waals surface area contributed by atoms with Crippen molar-refractivity contribution in [2.24, 2.45) is 0 Å². The zero-order valence-corrected chi connectivity index (χ0v) is 20.5. The Balaban J connectivity index is 1.30. The number of hydrogen-bond acceptors (Lipinski definition) is 6. The van der Waals surface area contributed by atoms with Crippen LogP contribution >= 0.6 is 0 Å². The van der Waals surface area contributed by atoms with Gasteiger partial charge >= 0.3 is 6.09 Å². The van der Waals surface area contributed by atoms with E-state index in [0.717, 1.165) is 11.8 Å². The maximum absolute atomic E-state index is 13.6. The third-order valence-electron chi connectivity index (χ3n) is 5.80. The number of ether oxygens (including phenoxy) is 1. The minimum atomic E-state index is -3.34. The highest BCUT2D eigenvalue weighted by atomic mass is 32.2. The first-order valence-corrected chi connectivity index (χ1v) is 13.3. The van der Waals surface area contributed by atoms with Crippen molar-refractivity contribution in [3.63, 3.8) is 0 Å². The van der Waals surface area contributed by atoms with Crippen molar-refractivity contribution in [3.8, 4) is 11.6 Å². The number of likely N-dealkylation sites (tertiary alicyclic amines) is 1. The number of rotatable bonds is 8. The quantitative estimate of drug-likeness (QED) is 0.454. The van der Waals surface area contributed by atoms with Crippen LogP contribution in [0.5, 0.6) is 11.6 Å². The van der Waals surface area contributed by atoms with E-state index in [1.807, 2.05) is 6.07 Å². The van der Waals surface area contributed by atoms with Gasteiger partial charge in [0.15, 0.2) is 0 Å². The molecule has 0 aliphatic carbocycles. The Hall–Kier alpha value is -3.70. The van der Waals surface area contributed by atoms with Crippen molar-refractivity contribution in [2.75, 3.05) is 29.0 Å². The van der Waals surface area contributed by atoms with Crippen LogP contribution in [-0.2, 0) is 16.6 Å². The van der Waals surface area contributed by atoms with Crippen LogP contribution in [0.4, 0.5) is 20.6 Å². The van der Waals surface area contributed by atoms with Crippen molar-refractivity contribution in [3.05, 3.63) is 78.2 Å². The number of amides is 1. The van der Waals surface area contributed by atoms with Crippen LogP contribution in [0, 0.1) is 5.82 Å². The van der Waals surface area contributed by atoms with E-state index in [0.29, 0.717) is 55.5 Å². The van der Waals surface area contributed by atoms with Crippen LogP contribution in [0.25, 0.3) is 0 Å². The molecule has 0 unspecified atom stereocenters. The fourth-order valence-electron chi connectivity index (χ4n) is 4.19. The van der Waals surface area contributed by atoms with Gasteiger partial charge in [-0.05, 0) is 60.9 Å². The van der Waals surface area contributed by atoms with Crippen molar-refractivity contribution in [2.45, 2.75) is 25.4 Å². The SMILES string of the molecule is CS(=O)(=O)Nc1ccc(Oc2ccc(CN3CCC(N(C(=O)O)c4cccc(F)c4)CC3)cn2)cc1. The number of halogens is 1. The third kappa shape index (κ3) is 6.92. The van der Waals surface area contributed by atoms with E-state index < -0.39 is 21.9 Å². The second-order valence-corrected chi connectivity index (χ2v) is 10.4. The average molecular weight is 515 g/mol. The molecule has 1 aliphatic heterocycles. The van der Waals surface area contributed by atoms with E-state index in [9.17, 15) is 22.7 Å². The number of benzene rings is 2. The molecule has 0 bridgehead atoms. The zero-order chi connectivity index (χ0) is 25.7. The molecule has 1 fully saturated rings. The summed E-state index contributed by atoms with van der Waals surface area (Å²) in [7, 11) is -3.34. The Morgan fingerprint density at radius 2 is 1.89 bits per heavy atom. The van der Waals surface area contributed by atoms with Gasteiger partial charge in [0.25, 0.3) is 0 Å². The van der Waals surface area contributed by atoms with Crippen LogP contribution < -0.4 is 14.4 Å². The second kappa shape index (κ2) is 10.9. The van der Waals surface area contributed by atoms with Gasteiger partial charge in [-0.15, -0.1) is 0 Å². The minimum Gasteiger partial charge on any atom is -0.465 e. The molecule has 190 valence electrons. The van der Waals surface area contributed by atoms with Gasteiger partial charge in [-0.3, -0.25) is 14.5 Å². The summed E-state index contributed by atoms with van der Waals surface area (Å²) < 4.78 is 44.3. The van der Waals surface area contributed by atoms with E-state index in [1.54, 1.807) is 42.6 Å². The fourth-order valence-corrected chi connectivity index (χ4v) is 4.75. The Morgan fingerprint density at radius 1 is 1.17 bits per heavy atom. The summed E-state index contributed by atoms with van der Waals surface area (Å²) in [6, 6.07) is 15.7. The number of carboxylic acid groups (broad SMARTS) is 1. The molecule has 1 saturated heterocycles. The van der Waals surface area contributed by atoms with E-state index >= 15 is 0 Å². The van der Waals surface area contributed by atoms with Crippen LogP contribution in [0.3, 0.4) is 0 Å². The lowest BCUT2D eigenvalue weighted by molar-refractivity contribution is 0.178. The second-order valence-electron chi connectivity index (χ2n) is 8.65. The van der Waals surface area contributed by atoms with Crippen molar-refractivity contribution in [1.82, 2.24) is 9.88 Å². The largest absolute Gasteiger partial charge is 0.465 e. The predicted molar refractivity (Wildman–Crippen MR) is 134 cm³/mol. The Bertz CT molecular complexity index is 1290. The number of hydrogen-bond donors (Lipinski definition) is 2. The normalized spacial score (nSPS) is 14.8. The Kier molecular flexibility index (Phi) is 7.70. The molecule has 0 radical (unpaired) electrons. The number of pyridine rings is 1. The van der Waals surface area contributed by atoms with Gasteiger partial charge in [-0.2, -0.15) is 0 Å². The van der Waals surface area contributed by atoms with Gasteiger partial charge in [-0.25, -0.2) is 22.6 Å². The molecule has 1 aliphatic rings. The van der Waals surface area contributed by atoms with Gasteiger partial charge in [0.05, 0.1) is 11.9 Å². The molecule has 1 amide bonds. The molecule has 2 heterocycles. The molecular weight excluding hydrogens is 487 g/mol. The molecule has 0 atom stereocenters.